The van der Waals surface area contributed by atoms with Crippen molar-refractivity contribution in [1.82, 2.24) is 0 Å². The summed E-state index contributed by atoms with van der Waals surface area (Å²) in [6.07, 6.45) is 0.759. The van der Waals surface area contributed by atoms with Gasteiger partial charge in [0.1, 0.15) is 17.4 Å². The minimum atomic E-state index is -0.568. The number of aryl methyl sites for hydroxylation is 1. The molecule has 0 aliphatic heterocycles. The van der Waals surface area contributed by atoms with Crippen molar-refractivity contribution in [2.75, 3.05) is 0 Å². The number of benzene rings is 1. The molecule has 0 radical (unpaired) electrons. The Kier molecular flexibility index (Phi) is 3.95. The van der Waals surface area contributed by atoms with Gasteiger partial charge in [-0.3, -0.25) is 4.79 Å². The molecule has 0 fully saturated rings. The first-order chi connectivity index (χ1) is 7.06. The summed E-state index contributed by atoms with van der Waals surface area (Å²) in [6.45, 7) is 3.32. The average Bonchev–Trinajstić information content (AvgIpc) is 2.23. The van der Waals surface area contributed by atoms with Gasteiger partial charge in [0.15, 0.2) is 0 Å². The van der Waals surface area contributed by atoms with Crippen molar-refractivity contribution in [3.05, 3.63) is 34.9 Å². The standard InChI is InChI=1S/C12H14F2O/c1-3-9(15)5-6-10-11(13)7-4-8(2)12(10)14/h4,7H,3,5-6H2,1-2H3. The van der Waals surface area contributed by atoms with Crippen molar-refractivity contribution in [2.45, 2.75) is 33.1 Å². The highest BCUT2D eigenvalue weighted by molar-refractivity contribution is 5.78. The quantitative estimate of drug-likeness (QED) is 0.749. The van der Waals surface area contributed by atoms with Crippen LogP contribution in [0, 0.1) is 18.6 Å². The van der Waals surface area contributed by atoms with E-state index in [0.717, 1.165) is 0 Å². The van der Waals surface area contributed by atoms with Crippen molar-refractivity contribution in [3.8, 4) is 0 Å². The van der Waals surface area contributed by atoms with Gasteiger partial charge in [0, 0.05) is 18.4 Å². The lowest BCUT2D eigenvalue weighted by Crippen LogP contribution is -2.03. The molecule has 1 nitrogen and oxygen atoms in total. The maximum absolute atomic E-state index is 13.5. The molecule has 1 aromatic carbocycles. The van der Waals surface area contributed by atoms with Crippen LogP contribution >= 0.6 is 0 Å². The largest absolute Gasteiger partial charge is 0.300 e. The Bertz CT molecular complexity index is 372. The maximum atomic E-state index is 13.5. The van der Waals surface area contributed by atoms with Crippen LogP contribution in [-0.4, -0.2) is 5.78 Å². The number of ketones is 1. The maximum Gasteiger partial charge on any atom is 0.132 e. The molecule has 0 atom stereocenters. The summed E-state index contributed by atoms with van der Waals surface area (Å²) in [4.78, 5) is 11.0. The second-order valence-electron chi connectivity index (χ2n) is 3.55. The molecular weight excluding hydrogens is 198 g/mol. The van der Waals surface area contributed by atoms with Gasteiger partial charge in [0.2, 0.25) is 0 Å². The van der Waals surface area contributed by atoms with Crippen LogP contribution in [0.2, 0.25) is 0 Å². The molecule has 0 aromatic heterocycles. The molecular formula is C12H14F2O. The van der Waals surface area contributed by atoms with Crippen molar-refractivity contribution in [2.24, 2.45) is 0 Å². The molecule has 0 spiro atoms. The lowest BCUT2D eigenvalue weighted by Gasteiger charge is -2.06. The Morgan fingerprint density at radius 1 is 1.33 bits per heavy atom. The fourth-order valence-corrected chi connectivity index (χ4v) is 1.39. The van der Waals surface area contributed by atoms with Gasteiger partial charge in [-0.15, -0.1) is 0 Å². The predicted octanol–water partition coefficient (Wildman–Crippen LogP) is 3.18. The number of Topliss-reactive ketones (excluding diaryl/α,β-unsaturated/α-hetero) is 1. The second kappa shape index (κ2) is 5.01. The van der Waals surface area contributed by atoms with Crippen LogP contribution in [0.3, 0.4) is 0 Å². The zero-order chi connectivity index (χ0) is 11.4. The first-order valence-corrected chi connectivity index (χ1v) is 5.01. The number of rotatable bonds is 4. The molecule has 82 valence electrons. The van der Waals surface area contributed by atoms with Gasteiger partial charge >= 0.3 is 0 Å². The van der Waals surface area contributed by atoms with Gasteiger partial charge in [0.05, 0.1) is 0 Å². The van der Waals surface area contributed by atoms with Crippen LogP contribution in [0.5, 0.6) is 0 Å². The molecule has 0 heterocycles. The Morgan fingerprint density at radius 2 is 2.00 bits per heavy atom. The van der Waals surface area contributed by atoms with Gasteiger partial charge in [-0.25, -0.2) is 8.78 Å². The Hall–Kier alpha value is -1.25. The topological polar surface area (TPSA) is 17.1 Å². The molecule has 15 heavy (non-hydrogen) atoms. The van der Waals surface area contributed by atoms with E-state index in [9.17, 15) is 13.6 Å². The van der Waals surface area contributed by atoms with E-state index in [-0.39, 0.29) is 24.2 Å². The lowest BCUT2D eigenvalue weighted by molar-refractivity contribution is -0.118. The van der Waals surface area contributed by atoms with Crippen LogP contribution in [0.4, 0.5) is 8.78 Å². The zero-order valence-corrected chi connectivity index (χ0v) is 8.94. The fraction of sp³-hybridized carbons (Fsp3) is 0.417. The Labute approximate surface area is 88.1 Å². The summed E-state index contributed by atoms with van der Waals surface area (Å²) in [6, 6.07) is 2.64. The molecule has 0 saturated carbocycles. The van der Waals surface area contributed by atoms with E-state index in [0.29, 0.717) is 12.0 Å². The molecule has 1 rings (SSSR count). The van der Waals surface area contributed by atoms with Gasteiger partial charge < -0.3 is 0 Å². The van der Waals surface area contributed by atoms with Crippen LogP contribution < -0.4 is 0 Å². The van der Waals surface area contributed by atoms with Gasteiger partial charge in [-0.1, -0.05) is 13.0 Å². The van der Waals surface area contributed by atoms with E-state index in [4.69, 9.17) is 0 Å². The Morgan fingerprint density at radius 3 is 2.60 bits per heavy atom. The third-order valence-corrected chi connectivity index (χ3v) is 2.43. The molecule has 0 N–H and O–H groups in total. The van der Waals surface area contributed by atoms with E-state index < -0.39 is 11.6 Å². The zero-order valence-electron chi connectivity index (χ0n) is 8.94. The summed E-state index contributed by atoms with van der Waals surface area (Å²) >= 11 is 0. The lowest BCUT2D eigenvalue weighted by atomic mass is 10.0. The summed E-state index contributed by atoms with van der Waals surface area (Å²) < 4.78 is 26.7. The van der Waals surface area contributed by atoms with E-state index >= 15 is 0 Å². The fourth-order valence-electron chi connectivity index (χ4n) is 1.39. The number of hydrogen-bond donors (Lipinski definition) is 0. The van der Waals surface area contributed by atoms with E-state index in [2.05, 4.69) is 0 Å². The molecule has 3 heteroatoms. The SMILES string of the molecule is CCC(=O)CCc1c(F)ccc(C)c1F. The molecule has 0 aliphatic rings. The minimum absolute atomic E-state index is 0.0234. The molecule has 0 aliphatic carbocycles. The average molecular weight is 212 g/mol. The van der Waals surface area contributed by atoms with Crippen LogP contribution in [0.25, 0.3) is 0 Å². The summed E-state index contributed by atoms with van der Waals surface area (Å²) in [7, 11) is 0. The van der Waals surface area contributed by atoms with Crippen molar-refractivity contribution in [1.29, 1.82) is 0 Å². The number of hydrogen-bond acceptors (Lipinski definition) is 1. The van der Waals surface area contributed by atoms with Crippen molar-refractivity contribution < 1.29 is 13.6 Å². The van der Waals surface area contributed by atoms with Gasteiger partial charge in [-0.2, -0.15) is 0 Å². The highest BCUT2D eigenvalue weighted by Crippen LogP contribution is 2.18. The van der Waals surface area contributed by atoms with Crippen molar-refractivity contribution >= 4 is 5.78 Å². The highest BCUT2D eigenvalue weighted by Gasteiger charge is 2.12. The molecule has 0 amide bonds. The number of carbonyl (C=O) groups excluding carboxylic acids is 1. The van der Waals surface area contributed by atoms with Crippen LogP contribution in [0.1, 0.15) is 30.9 Å². The van der Waals surface area contributed by atoms with Crippen LogP contribution in [0.15, 0.2) is 12.1 Å². The normalized spacial score (nSPS) is 10.4. The Balaban J connectivity index is 2.84. The van der Waals surface area contributed by atoms with Crippen molar-refractivity contribution in [3.63, 3.8) is 0 Å². The van der Waals surface area contributed by atoms with Gasteiger partial charge in [-0.05, 0) is 25.0 Å². The van der Waals surface area contributed by atoms with E-state index in [1.807, 2.05) is 0 Å². The van der Waals surface area contributed by atoms with E-state index in [1.54, 1.807) is 13.8 Å². The molecule has 0 saturated heterocycles. The summed E-state index contributed by atoms with van der Waals surface area (Å²) in [5.41, 5.74) is 0.437. The predicted molar refractivity (Wildman–Crippen MR) is 54.7 cm³/mol. The molecule has 0 unspecified atom stereocenters. The minimum Gasteiger partial charge on any atom is -0.300 e. The highest BCUT2D eigenvalue weighted by atomic mass is 19.1. The summed E-state index contributed by atoms with van der Waals surface area (Å²) in [5.74, 6) is -1.07. The first kappa shape index (κ1) is 11.8. The van der Waals surface area contributed by atoms with E-state index in [1.165, 1.54) is 12.1 Å². The summed E-state index contributed by atoms with van der Waals surface area (Å²) in [5, 5.41) is 0. The third kappa shape index (κ3) is 2.85. The smallest absolute Gasteiger partial charge is 0.132 e. The monoisotopic (exact) mass is 212 g/mol. The van der Waals surface area contributed by atoms with Crippen LogP contribution in [-0.2, 0) is 11.2 Å². The molecule has 1 aromatic rings. The number of carbonyl (C=O) groups is 1. The number of halogens is 2. The van der Waals surface area contributed by atoms with Gasteiger partial charge in [0.25, 0.3) is 0 Å². The first-order valence-electron chi connectivity index (χ1n) is 5.01. The second-order valence-corrected chi connectivity index (χ2v) is 3.55. The molecule has 0 bridgehead atoms. The third-order valence-electron chi connectivity index (χ3n) is 2.43.